The maximum absolute atomic E-state index is 13.1. The van der Waals surface area contributed by atoms with E-state index in [-0.39, 0.29) is 30.5 Å². The first-order valence-corrected chi connectivity index (χ1v) is 12.3. The van der Waals surface area contributed by atoms with E-state index >= 15 is 0 Å². The Morgan fingerprint density at radius 2 is 1.97 bits per heavy atom. The number of fused-ring (bicyclic) bond motifs is 1. The number of carbonyl (C=O) groups excluding carboxylic acids is 2. The molecule has 1 saturated heterocycles. The van der Waals surface area contributed by atoms with E-state index in [1.165, 1.54) is 0 Å². The third-order valence-electron chi connectivity index (χ3n) is 6.98. The van der Waals surface area contributed by atoms with E-state index in [1.807, 2.05) is 54.2 Å². The van der Waals surface area contributed by atoms with Crippen molar-refractivity contribution in [2.45, 2.75) is 50.6 Å². The summed E-state index contributed by atoms with van der Waals surface area (Å²) in [6, 6.07) is 9.65. The van der Waals surface area contributed by atoms with Gasteiger partial charge in [-0.25, -0.2) is 9.50 Å². The number of nitrogens with zero attached hydrogens (tertiary/aromatic N) is 5. The number of hydrogen-bond acceptors (Lipinski definition) is 6. The maximum Gasteiger partial charge on any atom is 0.261 e. The van der Waals surface area contributed by atoms with Crippen molar-refractivity contribution in [2.75, 3.05) is 32.1 Å². The highest BCUT2D eigenvalue weighted by Gasteiger charge is 2.33. The van der Waals surface area contributed by atoms with Crippen molar-refractivity contribution in [1.29, 1.82) is 0 Å². The van der Waals surface area contributed by atoms with Gasteiger partial charge in [0.05, 0.1) is 17.9 Å². The number of rotatable bonds is 7. The van der Waals surface area contributed by atoms with Gasteiger partial charge in [0, 0.05) is 44.6 Å². The molecule has 2 aliphatic rings. The number of hydrogen-bond donors (Lipinski definition) is 1. The molecule has 2 amide bonds. The third-order valence-corrected chi connectivity index (χ3v) is 6.98. The van der Waals surface area contributed by atoms with Crippen LogP contribution in [-0.4, -0.2) is 64.6 Å². The zero-order chi connectivity index (χ0) is 24.4. The Morgan fingerprint density at radius 3 is 2.77 bits per heavy atom. The topological polar surface area (TPSA) is 92.1 Å². The van der Waals surface area contributed by atoms with Gasteiger partial charge in [0.2, 0.25) is 0 Å². The molecule has 1 aliphatic carbocycles. The molecule has 2 aromatic heterocycles. The fourth-order valence-electron chi connectivity index (χ4n) is 5.11. The second-order valence-corrected chi connectivity index (χ2v) is 9.54. The monoisotopic (exact) mass is 476 g/mol. The molecule has 0 bridgehead atoms. The number of ether oxygens (including phenoxy) is 1. The molecule has 3 aromatic rings. The number of carbonyl (C=O) groups is 2. The Hall–Kier alpha value is -3.62. The Balaban J connectivity index is 1.31. The van der Waals surface area contributed by atoms with Crippen LogP contribution in [0.3, 0.4) is 0 Å². The molecular formula is C26H32N6O3. The molecule has 1 N–H and O–H groups in total. The zero-order valence-electron chi connectivity index (χ0n) is 20.3. The van der Waals surface area contributed by atoms with E-state index in [4.69, 9.17) is 4.74 Å². The summed E-state index contributed by atoms with van der Waals surface area (Å²) >= 11 is 0. The molecule has 9 heteroatoms. The first-order chi connectivity index (χ1) is 17.0. The Bertz CT molecular complexity index is 1220. The molecule has 0 unspecified atom stereocenters. The summed E-state index contributed by atoms with van der Waals surface area (Å²) in [4.78, 5) is 34.3. The Labute approximate surface area is 205 Å². The number of anilines is 1. The summed E-state index contributed by atoms with van der Waals surface area (Å²) in [7, 11) is 3.93. The van der Waals surface area contributed by atoms with Crippen molar-refractivity contribution in [3.63, 3.8) is 0 Å². The third kappa shape index (κ3) is 4.80. The fourth-order valence-corrected chi connectivity index (χ4v) is 5.11. The Kier molecular flexibility index (Phi) is 6.57. The van der Waals surface area contributed by atoms with Crippen molar-refractivity contribution in [2.24, 2.45) is 0 Å². The SMILES string of the molecule is CN(C)c1cccc(OCC(=O)N2CCC[C@H]2c2ccnc3c(C(=O)NC4CCCC4)cnn23)c1. The molecule has 184 valence electrons. The number of aromatic nitrogens is 3. The number of benzene rings is 1. The van der Waals surface area contributed by atoms with Gasteiger partial charge in [0.1, 0.15) is 11.3 Å². The van der Waals surface area contributed by atoms with Gasteiger partial charge in [0.25, 0.3) is 11.8 Å². The standard InChI is InChI=1S/C26H32N6O3/c1-30(2)19-9-5-10-20(15-19)35-17-24(33)31-14-6-11-22(31)23-12-13-27-25-21(16-28-32(23)25)26(34)29-18-7-3-4-8-18/h5,9-10,12-13,15-16,18,22H,3-4,6-8,11,14,17H2,1-2H3,(H,29,34)/t22-/m0/s1. The minimum Gasteiger partial charge on any atom is -0.484 e. The summed E-state index contributed by atoms with van der Waals surface area (Å²) in [6.07, 6.45) is 9.34. The second-order valence-electron chi connectivity index (χ2n) is 9.54. The zero-order valence-corrected chi connectivity index (χ0v) is 20.3. The molecule has 1 atom stereocenters. The molecule has 3 heterocycles. The van der Waals surface area contributed by atoms with Gasteiger partial charge in [-0.2, -0.15) is 5.10 Å². The van der Waals surface area contributed by atoms with Crippen LogP contribution in [0.15, 0.2) is 42.7 Å². The van der Waals surface area contributed by atoms with Gasteiger partial charge < -0.3 is 19.9 Å². The van der Waals surface area contributed by atoms with Crippen molar-refractivity contribution >= 4 is 23.1 Å². The largest absolute Gasteiger partial charge is 0.484 e. The van der Waals surface area contributed by atoms with Gasteiger partial charge in [-0.3, -0.25) is 9.59 Å². The molecule has 2 fully saturated rings. The molecule has 1 aromatic carbocycles. The minimum atomic E-state index is -0.143. The van der Waals surface area contributed by atoms with Crippen LogP contribution in [0.1, 0.15) is 60.6 Å². The quantitative estimate of drug-likeness (QED) is 0.563. The first-order valence-electron chi connectivity index (χ1n) is 12.3. The maximum atomic E-state index is 13.1. The summed E-state index contributed by atoms with van der Waals surface area (Å²) in [6.45, 7) is 0.625. The second kappa shape index (κ2) is 9.93. The molecule has 0 spiro atoms. The number of likely N-dealkylation sites (tertiary alicyclic amines) is 1. The van der Waals surface area contributed by atoms with Crippen LogP contribution in [0.4, 0.5) is 5.69 Å². The van der Waals surface area contributed by atoms with Crippen molar-refractivity contribution in [3.8, 4) is 5.75 Å². The summed E-state index contributed by atoms with van der Waals surface area (Å²) in [5.74, 6) is 0.458. The van der Waals surface area contributed by atoms with Crippen LogP contribution in [0.5, 0.6) is 5.75 Å². The van der Waals surface area contributed by atoms with Gasteiger partial charge in [-0.1, -0.05) is 18.9 Å². The van der Waals surface area contributed by atoms with Crippen LogP contribution in [0.2, 0.25) is 0 Å². The van der Waals surface area contributed by atoms with E-state index in [1.54, 1.807) is 16.9 Å². The lowest BCUT2D eigenvalue weighted by molar-refractivity contribution is -0.134. The average Bonchev–Trinajstić information content (AvgIpc) is 3.63. The van der Waals surface area contributed by atoms with E-state index in [0.29, 0.717) is 23.5 Å². The van der Waals surface area contributed by atoms with Crippen molar-refractivity contribution in [3.05, 3.63) is 54.0 Å². The molecule has 35 heavy (non-hydrogen) atoms. The molecule has 5 rings (SSSR count). The highest BCUT2D eigenvalue weighted by molar-refractivity contribution is 5.99. The van der Waals surface area contributed by atoms with Crippen molar-refractivity contribution < 1.29 is 14.3 Å². The van der Waals surface area contributed by atoms with Crippen LogP contribution in [-0.2, 0) is 4.79 Å². The van der Waals surface area contributed by atoms with E-state index in [9.17, 15) is 9.59 Å². The van der Waals surface area contributed by atoms with Crippen LogP contribution >= 0.6 is 0 Å². The van der Waals surface area contributed by atoms with Gasteiger partial charge in [-0.05, 0) is 43.9 Å². The Morgan fingerprint density at radius 1 is 1.14 bits per heavy atom. The highest BCUT2D eigenvalue weighted by Crippen LogP contribution is 2.32. The molecule has 0 radical (unpaired) electrons. The average molecular weight is 477 g/mol. The normalized spacial score (nSPS) is 18.2. The van der Waals surface area contributed by atoms with E-state index in [0.717, 1.165) is 49.9 Å². The molecular weight excluding hydrogens is 444 g/mol. The highest BCUT2D eigenvalue weighted by atomic mass is 16.5. The number of nitrogens with one attached hydrogen (secondary N) is 1. The summed E-state index contributed by atoms with van der Waals surface area (Å²) < 4.78 is 7.55. The lowest BCUT2D eigenvalue weighted by Crippen LogP contribution is -2.35. The van der Waals surface area contributed by atoms with Crippen LogP contribution in [0.25, 0.3) is 5.65 Å². The fraction of sp³-hybridized carbons (Fsp3) is 0.462. The van der Waals surface area contributed by atoms with E-state index in [2.05, 4.69) is 15.4 Å². The molecule has 9 nitrogen and oxygen atoms in total. The number of amides is 2. The van der Waals surface area contributed by atoms with E-state index < -0.39 is 0 Å². The summed E-state index contributed by atoms with van der Waals surface area (Å²) in [5.41, 5.74) is 2.86. The van der Waals surface area contributed by atoms with Gasteiger partial charge in [0.15, 0.2) is 12.3 Å². The van der Waals surface area contributed by atoms with Gasteiger partial charge in [-0.15, -0.1) is 0 Å². The smallest absolute Gasteiger partial charge is 0.261 e. The predicted octanol–water partition coefficient (Wildman–Crippen LogP) is 3.21. The first kappa shape index (κ1) is 23.1. The minimum absolute atomic E-state index is 0.0320. The lowest BCUT2D eigenvalue weighted by Gasteiger charge is -2.25. The molecule has 1 aliphatic heterocycles. The molecule has 1 saturated carbocycles. The lowest BCUT2D eigenvalue weighted by atomic mass is 10.1. The van der Waals surface area contributed by atoms with Crippen LogP contribution < -0.4 is 15.0 Å². The predicted molar refractivity (Wildman–Crippen MR) is 133 cm³/mol. The van der Waals surface area contributed by atoms with Gasteiger partial charge >= 0.3 is 0 Å². The van der Waals surface area contributed by atoms with Crippen molar-refractivity contribution in [1.82, 2.24) is 24.8 Å². The van der Waals surface area contributed by atoms with Crippen LogP contribution in [0, 0.1) is 0 Å². The summed E-state index contributed by atoms with van der Waals surface area (Å²) in [5, 5.41) is 7.61.